The number of nitrogens with one attached hydrogen (secondary N) is 2. The van der Waals surface area contributed by atoms with Gasteiger partial charge < -0.3 is 21.3 Å². The molecular formula is C11H20N4O3. The van der Waals surface area contributed by atoms with Gasteiger partial charge in [-0.1, -0.05) is 0 Å². The van der Waals surface area contributed by atoms with Crippen molar-refractivity contribution in [2.45, 2.75) is 13.8 Å². The number of hydrogen-bond donors (Lipinski definition) is 3. The van der Waals surface area contributed by atoms with Crippen molar-refractivity contribution in [3.05, 3.63) is 0 Å². The molecule has 1 fully saturated rings. The summed E-state index contributed by atoms with van der Waals surface area (Å²) in [4.78, 5) is 36.0. The molecule has 1 saturated heterocycles. The van der Waals surface area contributed by atoms with Gasteiger partial charge in [-0.3, -0.25) is 14.4 Å². The predicted octanol–water partition coefficient (Wildman–Crippen LogP) is -1.95. The van der Waals surface area contributed by atoms with Crippen LogP contribution in [0.3, 0.4) is 0 Å². The molecule has 0 aromatic heterocycles. The van der Waals surface area contributed by atoms with Gasteiger partial charge in [-0.2, -0.15) is 0 Å². The van der Waals surface area contributed by atoms with Gasteiger partial charge in [0.15, 0.2) is 0 Å². The summed E-state index contributed by atoms with van der Waals surface area (Å²) in [6.45, 7) is 5.70. The maximum atomic E-state index is 11.8. The van der Waals surface area contributed by atoms with Crippen molar-refractivity contribution < 1.29 is 14.4 Å². The van der Waals surface area contributed by atoms with Crippen LogP contribution in [-0.2, 0) is 14.4 Å². The van der Waals surface area contributed by atoms with E-state index in [1.807, 2.05) is 0 Å². The minimum Gasteiger partial charge on any atom is -0.369 e. The monoisotopic (exact) mass is 256 g/mol. The molecule has 1 rings (SSSR count). The van der Waals surface area contributed by atoms with Crippen molar-refractivity contribution >= 4 is 17.7 Å². The van der Waals surface area contributed by atoms with Gasteiger partial charge in [0.1, 0.15) is 0 Å². The van der Waals surface area contributed by atoms with E-state index in [0.717, 1.165) is 0 Å². The Hall–Kier alpha value is -1.63. The van der Waals surface area contributed by atoms with Crippen LogP contribution >= 0.6 is 0 Å². The normalized spacial score (nSPS) is 16.2. The highest BCUT2D eigenvalue weighted by atomic mass is 16.2. The number of amides is 3. The molecule has 7 heteroatoms. The summed E-state index contributed by atoms with van der Waals surface area (Å²) < 4.78 is 0. The summed E-state index contributed by atoms with van der Waals surface area (Å²) in [5.41, 5.74) is 4.32. The van der Waals surface area contributed by atoms with E-state index in [0.29, 0.717) is 26.2 Å². The summed E-state index contributed by atoms with van der Waals surface area (Å²) in [6, 6.07) is 0. The standard InChI is InChI=1S/C11H20N4O3/c1-11(2,10(12)18)7-14-8(16)9(17)15-5-3-13-4-6-15/h13H,3-7H2,1-2H3,(H2,12,18)(H,14,16). The first-order chi connectivity index (χ1) is 8.34. The minimum atomic E-state index is -0.862. The predicted molar refractivity (Wildman–Crippen MR) is 65.4 cm³/mol. The molecule has 0 saturated carbocycles. The van der Waals surface area contributed by atoms with Gasteiger partial charge in [-0.25, -0.2) is 0 Å². The largest absolute Gasteiger partial charge is 0.369 e. The zero-order chi connectivity index (χ0) is 13.8. The second-order valence-corrected chi connectivity index (χ2v) is 4.97. The number of piperazine rings is 1. The van der Waals surface area contributed by atoms with Crippen molar-refractivity contribution in [2.75, 3.05) is 32.7 Å². The van der Waals surface area contributed by atoms with Gasteiger partial charge in [0.05, 0.1) is 5.41 Å². The lowest BCUT2D eigenvalue weighted by Gasteiger charge is -2.27. The van der Waals surface area contributed by atoms with Crippen LogP contribution in [-0.4, -0.2) is 55.3 Å². The summed E-state index contributed by atoms with van der Waals surface area (Å²) in [5.74, 6) is -1.76. The SMILES string of the molecule is CC(C)(CNC(=O)C(=O)N1CCNCC1)C(N)=O. The van der Waals surface area contributed by atoms with Gasteiger partial charge in [-0.15, -0.1) is 0 Å². The van der Waals surface area contributed by atoms with Crippen LogP contribution in [0.4, 0.5) is 0 Å². The number of carbonyl (C=O) groups is 3. The number of primary amides is 1. The third-order valence-electron chi connectivity index (χ3n) is 2.96. The molecular weight excluding hydrogens is 236 g/mol. The highest BCUT2D eigenvalue weighted by Gasteiger charge is 2.28. The number of nitrogens with two attached hydrogens (primary N) is 1. The van der Waals surface area contributed by atoms with Gasteiger partial charge in [0, 0.05) is 32.7 Å². The summed E-state index contributed by atoms with van der Waals surface area (Å²) in [7, 11) is 0. The molecule has 1 heterocycles. The fourth-order valence-electron chi connectivity index (χ4n) is 1.48. The Balaban J connectivity index is 2.45. The Morgan fingerprint density at radius 3 is 2.33 bits per heavy atom. The van der Waals surface area contributed by atoms with E-state index >= 15 is 0 Å². The first-order valence-corrected chi connectivity index (χ1v) is 5.92. The quantitative estimate of drug-likeness (QED) is 0.510. The van der Waals surface area contributed by atoms with Crippen LogP contribution in [0.15, 0.2) is 0 Å². The van der Waals surface area contributed by atoms with Gasteiger partial charge in [-0.05, 0) is 13.8 Å². The van der Waals surface area contributed by atoms with Crippen molar-refractivity contribution in [2.24, 2.45) is 11.1 Å². The average molecular weight is 256 g/mol. The van der Waals surface area contributed by atoms with Gasteiger partial charge in [0.25, 0.3) is 0 Å². The molecule has 7 nitrogen and oxygen atoms in total. The second kappa shape index (κ2) is 5.81. The molecule has 4 N–H and O–H groups in total. The number of nitrogens with zero attached hydrogens (tertiary/aromatic N) is 1. The molecule has 0 unspecified atom stereocenters. The highest BCUT2D eigenvalue weighted by Crippen LogP contribution is 2.11. The Morgan fingerprint density at radius 1 is 1.28 bits per heavy atom. The maximum Gasteiger partial charge on any atom is 0.311 e. The number of carbonyl (C=O) groups excluding carboxylic acids is 3. The van der Waals surface area contributed by atoms with E-state index in [2.05, 4.69) is 10.6 Å². The average Bonchev–Trinajstić information content (AvgIpc) is 2.36. The lowest BCUT2D eigenvalue weighted by atomic mass is 9.93. The van der Waals surface area contributed by atoms with Crippen molar-refractivity contribution in [3.63, 3.8) is 0 Å². The Bertz CT molecular complexity index is 348. The van der Waals surface area contributed by atoms with Crippen LogP contribution in [0.25, 0.3) is 0 Å². The Labute approximate surface area is 106 Å². The number of hydrogen-bond acceptors (Lipinski definition) is 4. The van der Waals surface area contributed by atoms with E-state index in [9.17, 15) is 14.4 Å². The number of rotatable bonds is 3. The molecule has 0 bridgehead atoms. The fourth-order valence-corrected chi connectivity index (χ4v) is 1.48. The van der Waals surface area contributed by atoms with Crippen LogP contribution in [0.1, 0.15) is 13.8 Å². The van der Waals surface area contributed by atoms with E-state index in [1.165, 1.54) is 4.90 Å². The first kappa shape index (κ1) is 14.4. The van der Waals surface area contributed by atoms with Crippen molar-refractivity contribution in [1.82, 2.24) is 15.5 Å². The molecule has 0 aromatic carbocycles. The van der Waals surface area contributed by atoms with Crippen LogP contribution in [0, 0.1) is 5.41 Å². The van der Waals surface area contributed by atoms with Crippen molar-refractivity contribution in [1.29, 1.82) is 0 Å². The molecule has 0 atom stereocenters. The molecule has 18 heavy (non-hydrogen) atoms. The topological polar surface area (TPSA) is 105 Å². The lowest BCUT2D eigenvalue weighted by Crippen LogP contribution is -2.52. The van der Waals surface area contributed by atoms with E-state index in [4.69, 9.17) is 5.73 Å². The van der Waals surface area contributed by atoms with Crippen LogP contribution in [0.2, 0.25) is 0 Å². The van der Waals surface area contributed by atoms with Crippen LogP contribution in [0.5, 0.6) is 0 Å². The lowest BCUT2D eigenvalue weighted by molar-refractivity contribution is -0.146. The summed E-state index contributed by atoms with van der Waals surface area (Å²) in [6.07, 6.45) is 0. The maximum absolute atomic E-state index is 11.8. The van der Waals surface area contributed by atoms with E-state index in [1.54, 1.807) is 13.8 Å². The molecule has 1 aliphatic rings. The Kier molecular flexibility index (Phi) is 4.66. The highest BCUT2D eigenvalue weighted by molar-refractivity contribution is 6.35. The molecule has 0 aromatic rings. The zero-order valence-electron chi connectivity index (χ0n) is 10.8. The Morgan fingerprint density at radius 2 is 1.83 bits per heavy atom. The molecule has 0 spiro atoms. The molecule has 1 aliphatic heterocycles. The molecule has 0 radical (unpaired) electrons. The molecule has 102 valence electrons. The third-order valence-corrected chi connectivity index (χ3v) is 2.96. The smallest absolute Gasteiger partial charge is 0.311 e. The minimum absolute atomic E-state index is 0.0546. The molecule has 0 aliphatic carbocycles. The van der Waals surface area contributed by atoms with E-state index in [-0.39, 0.29) is 6.54 Å². The summed E-state index contributed by atoms with van der Waals surface area (Å²) >= 11 is 0. The van der Waals surface area contributed by atoms with Crippen molar-refractivity contribution in [3.8, 4) is 0 Å². The third kappa shape index (κ3) is 3.69. The van der Waals surface area contributed by atoms with Gasteiger partial charge in [0.2, 0.25) is 5.91 Å². The van der Waals surface area contributed by atoms with Crippen LogP contribution < -0.4 is 16.4 Å². The second-order valence-electron chi connectivity index (χ2n) is 4.97. The first-order valence-electron chi connectivity index (χ1n) is 5.92. The molecule has 3 amide bonds. The van der Waals surface area contributed by atoms with E-state index < -0.39 is 23.1 Å². The van der Waals surface area contributed by atoms with Gasteiger partial charge >= 0.3 is 11.8 Å². The zero-order valence-corrected chi connectivity index (χ0v) is 10.8. The summed E-state index contributed by atoms with van der Waals surface area (Å²) in [5, 5.41) is 5.54. The fraction of sp³-hybridized carbons (Fsp3) is 0.727.